The largest absolute Gasteiger partial charge is 0.481 e. The molecule has 4 rings (SSSR count). The van der Waals surface area contributed by atoms with Crippen LogP contribution in [-0.4, -0.2) is 37.1 Å². The molecule has 3 aromatic rings. The van der Waals surface area contributed by atoms with E-state index in [1.165, 1.54) is 12.0 Å². The summed E-state index contributed by atoms with van der Waals surface area (Å²) < 4.78 is 1.98. The maximum absolute atomic E-state index is 11.3. The number of fused-ring (bicyclic) bond motifs is 1. The zero-order chi connectivity index (χ0) is 20.8. The van der Waals surface area contributed by atoms with Crippen molar-refractivity contribution in [2.24, 2.45) is 0 Å². The van der Waals surface area contributed by atoms with Gasteiger partial charge in [0.25, 0.3) is 0 Å². The van der Waals surface area contributed by atoms with Gasteiger partial charge < -0.3 is 15.0 Å². The van der Waals surface area contributed by atoms with Crippen molar-refractivity contribution in [1.29, 1.82) is 0 Å². The van der Waals surface area contributed by atoms with E-state index in [2.05, 4.69) is 27.4 Å². The second-order valence-corrected chi connectivity index (χ2v) is 7.84. The summed E-state index contributed by atoms with van der Waals surface area (Å²) in [5.41, 5.74) is 4.38. The summed E-state index contributed by atoms with van der Waals surface area (Å²) in [5, 5.41) is 12.7. The summed E-state index contributed by atoms with van der Waals surface area (Å²) in [4.78, 5) is 24.7. The zero-order valence-corrected chi connectivity index (χ0v) is 17.0. The predicted octanol–water partition coefficient (Wildman–Crippen LogP) is 3.47. The van der Waals surface area contributed by atoms with Crippen LogP contribution in [0.3, 0.4) is 0 Å². The molecule has 4 heterocycles. The highest BCUT2D eigenvalue weighted by Gasteiger charge is 2.17. The SMILES string of the molecule is O=C(O)CC(Cn1cnc(CCCc2ccc3c(n2)NCCC3)c1)c1cccnc1. The Hall–Kier alpha value is -3.22. The Morgan fingerprint density at radius 3 is 2.97 bits per heavy atom. The molecule has 30 heavy (non-hydrogen) atoms. The van der Waals surface area contributed by atoms with Gasteiger partial charge in [-0.2, -0.15) is 0 Å². The van der Waals surface area contributed by atoms with Crippen LogP contribution in [0.15, 0.2) is 49.2 Å². The molecular formula is C23H27N5O2. The summed E-state index contributed by atoms with van der Waals surface area (Å²) in [6.07, 6.45) is 12.4. The summed E-state index contributed by atoms with van der Waals surface area (Å²) in [6, 6.07) is 8.10. The molecule has 0 aromatic carbocycles. The normalized spacial score (nSPS) is 14.0. The molecule has 7 nitrogen and oxygen atoms in total. The number of rotatable bonds is 9. The van der Waals surface area contributed by atoms with E-state index in [4.69, 9.17) is 4.98 Å². The van der Waals surface area contributed by atoms with Crippen molar-refractivity contribution in [1.82, 2.24) is 19.5 Å². The van der Waals surface area contributed by atoms with E-state index in [1.807, 2.05) is 22.9 Å². The number of nitrogens with zero attached hydrogens (tertiary/aromatic N) is 4. The monoisotopic (exact) mass is 405 g/mol. The van der Waals surface area contributed by atoms with Gasteiger partial charge in [-0.25, -0.2) is 9.97 Å². The van der Waals surface area contributed by atoms with Crippen molar-refractivity contribution in [3.05, 3.63) is 71.7 Å². The Labute approximate surface area is 176 Å². The maximum atomic E-state index is 11.3. The lowest BCUT2D eigenvalue weighted by atomic mass is 9.97. The van der Waals surface area contributed by atoms with Crippen LogP contribution in [0.25, 0.3) is 0 Å². The van der Waals surface area contributed by atoms with Gasteiger partial charge in [-0.15, -0.1) is 0 Å². The molecule has 1 aliphatic heterocycles. The first-order chi connectivity index (χ1) is 14.7. The van der Waals surface area contributed by atoms with Crippen LogP contribution in [-0.2, 0) is 30.6 Å². The van der Waals surface area contributed by atoms with Crippen LogP contribution in [0.1, 0.15) is 47.7 Å². The second-order valence-electron chi connectivity index (χ2n) is 7.84. The van der Waals surface area contributed by atoms with Crippen molar-refractivity contribution in [2.75, 3.05) is 11.9 Å². The van der Waals surface area contributed by atoms with Gasteiger partial charge in [-0.05, 0) is 55.4 Å². The van der Waals surface area contributed by atoms with Crippen LogP contribution in [0.4, 0.5) is 5.82 Å². The van der Waals surface area contributed by atoms with Crippen molar-refractivity contribution in [3.63, 3.8) is 0 Å². The van der Waals surface area contributed by atoms with Crippen LogP contribution in [0.5, 0.6) is 0 Å². The van der Waals surface area contributed by atoms with Crippen molar-refractivity contribution >= 4 is 11.8 Å². The van der Waals surface area contributed by atoms with Gasteiger partial charge in [0.05, 0.1) is 18.4 Å². The Morgan fingerprint density at radius 2 is 2.13 bits per heavy atom. The Bertz CT molecular complexity index is 986. The molecule has 156 valence electrons. The topological polar surface area (TPSA) is 92.9 Å². The molecule has 0 saturated carbocycles. The number of pyridine rings is 2. The van der Waals surface area contributed by atoms with E-state index in [9.17, 15) is 9.90 Å². The third-order valence-electron chi connectivity index (χ3n) is 5.51. The van der Waals surface area contributed by atoms with Crippen molar-refractivity contribution < 1.29 is 9.90 Å². The van der Waals surface area contributed by atoms with E-state index in [0.29, 0.717) is 6.54 Å². The fraction of sp³-hybridized carbons (Fsp3) is 0.391. The molecule has 1 aliphatic rings. The first-order valence-electron chi connectivity index (χ1n) is 10.5. The predicted molar refractivity (Wildman–Crippen MR) is 115 cm³/mol. The first-order valence-corrected chi connectivity index (χ1v) is 10.5. The minimum absolute atomic E-state index is 0.0667. The van der Waals surface area contributed by atoms with Gasteiger partial charge in [0.15, 0.2) is 0 Å². The third kappa shape index (κ3) is 5.23. The lowest BCUT2D eigenvalue weighted by Gasteiger charge is -2.17. The molecule has 0 bridgehead atoms. The molecule has 0 amide bonds. The molecular weight excluding hydrogens is 378 g/mol. The fourth-order valence-corrected chi connectivity index (χ4v) is 3.96. The standard InChI is InChI=1S/C23H27N5O2/c29-22(30)12-19(18-5-2-10-24-13-18)14-28-15-21(26-16-28)7-1-6-20-9-8-17-4-3-11-25-23(17)27-20/h2,5,8-10,13,15-16,19H,1,3-4,6-7,11-12,14H2,(H,25,27)(H,29,30). The second kappa shape index (κ2) is 9.52. The summed E-state index contributed by atoms with van der Waals surface area (Å²) >= 11 is 0. The number of hydrogen-bond acceptors (Lipinski definition) is 5. The van der Waals surface area contributed by atoms with Crippen molar-refractivity contribution in [3.8, 4) is 0 Å². The van der Waals surface area contributed by atoms with E-state index in [0.717, 1.165) is 55.0 Å². The number of aromatic nitrogens is 4. The van der Waals surface area contributed by atoms with Crippen LogP contribution >= 0.6 is 0 Å². The number of imidazole rings is 1. The Kier molecular flexibility index (Phi) is 6.37. The Morgan fingerprint density at radius 1 is 1.23 bits per heavy atom. The van der Waals surface area contributed by atoms with Crippen molar-refractivity contribution in [2.45, 2.75) is 51.0 Å². The van der Waals surface area contributed by atoms with Crippen LogP contribution in [0, 0.1) is 0 Å². The van der Waals surface area contributed by atoms with Gasteiger partial charge in [0.2, 0.25) is 0 Å². The number of hydrogen-bond donors (Lipinski definition) is 2. The van der Waals surface area contributed by atoms with E-state index >= 15 is 0 Å². The van der Waals surface area contributed by atoms with Gasteiger partial charge in [0, 0.05) is 43.3 Å². The van der Waals surface area contributed by atoms with Gasteiger partial charge >= 0.3 is 5.97 Å². The number of nitrogens with one attached hydrogen (secondary N) is 1. The van der Waals surface area contributed by atoms with Gasteiger partial charge in [-0.3, -0.25) is 9.78 Å². The summed E-state index contributed by atoms with van der Waals surface area (Å²) in [5.74, 6) is 0.101. The lowest BCUT2D eigenvalue weighted by molar-refractivity contribution is -0.137. The molecule has 2 N–H and O–H groups in total. The molecule has 0 fully saturated rings. The minimum Gasteiger partial charge on any atom is -0.481 e. The molecule has 1 unspecified atom stereocenters. The number of anilines is 1. The number of aryl methyl sites for hydroxylation is 3. The molecule has 7 heteroatoms. The first kappa shape index (κ1) is 20.1. The van der Waals surface area contributed by atoms with E-state index in [-0.39, 0.29) is 12.3 Å². The molecule has 0 aliphatic carbocycles. The highest BCUT2D eigenvalue weighted by atomic mass is 16.4. The minimum atomic E-state index is -0.809. The molecule has 3 aromatic heterocycles. The highest BCUT2D eigenvalue weighted by Crippen LogP contribution is 2.22. The lowest BCUT2D eigenvalue weighted by Crippen LogP contribution is -2.14. The number of carboxylic acids is 1. The van der Waals surface area contributed by atoms with Gasteiger partial charge in [0.1, 0.15) is 5.82 Å². The number of carboxylic acid groups (broad SMARTS) is 1. The summed E-state index contributed by atoms with van der Waals surface area (Å²) in [6.45, 7) is 1.58. The van der Waals surface area contributed by atoms with E-state index in [1.54, 1.807) is 18.7 Å². The molecule has 0 saturated heterocycles. The smallest absolute Gasteiger partial charge is 0.304 e. The number of aliphatic carboxylic acids is 1. The highest BCUT2D eigenvalue weighted by molar-refractivity contribution is 5.68. The van der Waals surface area contributed by atoms with Gasteiger partial charge in [-0.1, -0.05) is 12.1 Å². The maximum Gasteiger partial charge on any atom is 0.304 e. The quantitative estimate of drug-likeness (QED) is 0.566. The summed E-state index contributed by atoms with van der Waals surface area (Å²) in [7, 11) is 0. The zero-order valence-electron chi connectivity index (χ0n) is 17.0. The average molecular weight is 406 g/mol. The third-order valence-corrected chi connectivity index (χ3v) is 5.51. The Balaban J connectivity index is 1.33. The van der Waals surface area contributed by atoms with Crippen LogP contribution < -0.4 is 5.32 Å². The molecule has 1 atom stereocenters. The number of carbonyl (C=O) groups is 1. The average Bonchev–Trinajstić information content (AvgIpc) is 3.21. The van der Waals surface area contributed by atoms with Crippen LogP contribution in [0.2, 0.25) is 0 Å². The molecule has 0 radical (unpaired) electrons. The van der Waals surface area contributed by atoms with E-state index < -0.39 is 5.97 Å². The fourth-order valence-electron chi connectivity index (χ4n) is 3.96. The molecule has 0 spiro atoms.